The Morgan fingerprint density at radius 1 is 1.14 bits per heavy atom. The normalized spacial score (nSPS) is 18.5. The molecule has 29 heavy (non-hydrogen) atoms. The van der Waals surface area contributed by atoms with Crippen LogP contribution in [0.2, 0.25) is 0 Å². The third-order valence-electron chi connectivity index (χ3n) is 4.90. The van der Waals surface area contributed by atoms with Crippen molar-refractivity contribution in [2.24, 2.45) is 0 Å². The minimum absolute atomic E-state index is 0.151. The molecule has 0 aliphatic carbocycles. The highest BCUT2D eigenvalue weighted by Gasteiger charge is 2.51. The number of ketones is 1. The third kappa shape index (κ3) is 3.87. The fourth-order valence-corrected chi connectivity index (χ4v) is 3.30. The number of nitrogens with zero attached hydrogens (tertiary/aromatic N) is 1. The largest absolute Gasteiger partial charge is 0.325 e. The van der Waals surface area contributed by atoms with Crippen LogP contribution in [0.25, 0.3) is 0 Å². The summed E-state index contributed by atoms with van der Waals surface area (Å²) in [7, 11) is 0. The van der Waals surface area contributed by atoms with Crippen LogP contribution >= 0.6 is 0 Å². The molecule has 3 rings (SSSR count). The van der Waals surface area contributed by atoms with E-state index in [0.29, 0.717) is 16.8 Å². The first-order chi connectivity index (χ1) is 13.8. The average molecular weight is 397 g/mol. The number of anilines is 1. The summed E-state index contributed by atoms with van der Waals surface area (Å²) in [5, 5.41) is 5.22. The monoisotopic (exact) mass is 397 g/mol. The molecule has 1 heterocycles. The lowest BCUT2D eigenvalue weighted by Gasteiger charge is -2.25. The van der Waals surface area contributed by atoms with Crippen LogP contribution in [0.15, 0.2) is 48.5 Å². The topological polar surface area (TPSA) is 95.6 Å². The summed E-state index contributed by atoms with van der Waals surface area (Å²) in [5.41, 5.74) is -0.0921. The molecule has 2 aromatic carbocycles. The van der Waals surface area contributed by atoms with Crippen LogP contribution < -0.4 is 10.6 Å². The summed E-state index contributed by atoms with van der Waals surface area (Å²) in [4.78, 5) is 50.1. The lowest BCUT2D eigenvalue weighted by molar-refractivity contribution is -0.134. The number of Topliss-reactive ketones (excluding diaryl/α,β-unsaturated/α-hetero) is 1. The standard InChI is InChI=1S/C21H20FN3O4/c1-3-21(15-7-9-16(22)10-8-15)19(28)25(20(29)24-21)12-18(27)23-17-6-4-5-14(11-17)13(2)26/h4-11H,3,12H2,1-2H3,(H,23,27)(H,24,29)/t21-/m0/s1. The van der Waals surface area contributed by atoms with Gasteiger partial charge in [-0.25, -0.2) is 9.18 Å². The van der Waals surface area contributed by atoms with Crippen LogP contribution in [0.5, 0.6) is 0 Å². The molecule has 0 saturated carbocycles. The SMILES string of the molecule is CC[C@@]1(c2ccc(F)cc2)NC(=O)N(CC(=O)Nc2cccc(C(C)=O)c2)C1=O. The van der Waals surface area contributed by atoms with Gasteiger partial charge in [-0.15, -0.1) is 0 Å². The summed E-state index contributed by atoms with van der Waals surface area (Å²) >= 11 is 0. The van der Waals surface area contributed by atoms with Gasteiger partial charge in [-0.05, 0) is 43.2 Å². The van der Waals surface area contributed by atoms with Crippen molar-refractivity contribution in [1.29, 1.82) is 0 Å². The van der Waals surface area contributed by atoms with Gasteiger partial charge in [0.15, 0.2) is 5.78 Å². The van der Waals surface area contributed by atoms with Gasteiger partial charge in [0.2, 0.25) is 5.91 Å². The summed E-state index contributed by atoms with van der Waals surface area (Å²) in [6, 6.07) is 11.0. The molecular formula is C21H20FN3O4. The van der Waals surface area contributed by atoms with Gasteiger partial charge in [-0.1, -0.05) is 31.2 Å². The first-order valence-electron chi connectivity index (χ1n) is 9.08. The fraction of sp³-hybridized carbons (Fsp3) is 0.238. The van der Waals surface area contributed by atoms with Gasteiger partial charge in [-0.2, -0.15) is 0 Å². The molecule has 0 aromatic heterocycles. The number of urea groups is 1. The number of nitrogens with one attached hydrogen (secondary N) is 2. The molecule has 1 aliphatic heterocycles. The van der Waals surface area contributed by atoms with Gasteiger partial charge in [-0.3, -0.25) is 19.3 Å². The molecule has 0 radical (unpaired) electrons. The van der Waals surface area contributed by atoms with Crippen molar-refractivity contribution in [2.75, 3.05) is 11.9 Å². The fourth-order valence-electron chi connectivity index (χ4n) is 3.30. The number of amides is 4. The molecule has 150 valence electrons. The van der Waals surface area contributed by atoms with Gasteiger partial charge in [0.1, 0.15) is 17.9 Å². The quantitative estimate of drug-likeness (QED) is 0.579. The van der Waals surface area contributed by atoms with E-state index in [4.69, 9.17) is 0 Å². The Bertz CT molecular complexity index is 990. The molecule has 0 bridgehead atoms. The van der Waals surface area contributed by atoms with Crippen molar-refractivity contribution in [2.45, 2.75) is 25.8 Å². The number of imide groups is 1. The molecule has 4 amide bonds. The second kappa shape index (κ2) is 7.83. The molecule has 1 fully saturated rings. The molecule has 1 atom stereocenters. The van der Waals surface area contributed by atoms with Crippen LogP contribution in [0.3, 0.4) is 0 Å². The van der Waals surface area contributed by atoms with E-state index in [-0.39, 0.29) is 12.2 Å². The van der Waals surface area contributed by atoms with Gasteiger partial charge < -0.3 is 10.6 Å². The molecule has 1 aliphatic rings. The number of carbonyl (C=O) groups is 4. The van der Waals surface area contributed by atoms with Crippen LogP contribution in [-0.4, -0.2) is 35.1 Å². The van der Waals surface area contributed by atoms with E-state index in [2.05, 4.69) is 10.6 Å². The Morgan fingerprint density at radius 2 is 1.83 bits per heavy atom. The Kier molecular flexibility index (Phi) is 5.45. The Morgan fingerprint density at radius 3 is 2.45 bits per heavy atom. The van der Waals surface area contributed by atoms with Crippen LogP contribution in [-0.2, 0) is 15.1 Å². The number of halogens is 1. The third-order valence-corrected chi connectivity index (χ3v) is 4.90. The molecule has 2 N–H and O–H groups in total. The molecule has 0 spiro atoms. The maximum Gasteiger partial charge on any atom is 0.325 e. The zero-order chi connectivity index (χ0) is 21.2. The maximum absolute atomic E-state index is 13.3. The number of carbonyl (C=O) groups excluding carboxylic acids is 4. The summed E-state index contributed by atoms with van der Waals surface area (Å²) < 4.78 is 13.3. The smallest absolute Gasteiger partial charge is 0.325 e. The molecule has 2 aromatic rings. The summed E-state index contributed by atoms with van der Waals surface area (Å²) in [5.74, 6) is -1.77. The maximum atomic E-state index is 13.3. The highest BCUT2D eigenvalue weighted by Crippen LogP contribution is 2.32. The summed E-state index contributed by atoms with van der Waals surface area (Å²) in [6.07, 6.45) is 0.238. The number of rotatable bonds is 6. The van der Waals surface area contributed by atoms with Crippen molar-refractivity contribution in [1.82, 2.24) is 10.2 Å². The average Bonchev–Trinajstić information content (AvgIpc) is 2.93. The highest BCUT2D eigenvalue weighted by molar-refractivity contribution is 6.10. The van der Waals surface area contributed by atoms with Crippen molar-refractivity contribution in [3.05, 3.63) is 65.5 Å². The second-order valence-corrected chi connectivity index (χ2v) is 6.77. The number of hydrogen-bond donors (Lipinski definition) is 2. The predicted molar refractivity (Wildman–Crippen MR) is 104 cm³/mol. The van der Waals surface area contributed by atoms with E-state index in [9.17, 15) is 23.6 Å². The Hall–Kier alpha value is -3.55. The van der Waals surface area contributed by atoms with E-state index in [1.165, 1.54) is 37.3 Å². The van der Waals surface area contributed by atoms with Gasteiger partial charge >= 0.3 is 6.03 Å². The number of benzene rings is 2. The Labute approximate surface area is 166 Å². The highest BCUT2D eigenvalue weighted by atomic mass is 19.1. The second-order valence-electron chi connectivity index (χ2n) is 6.77. The molecule has 1 saturated heterocycles. The minimum atomic E-state index is -1.35. The first-order valence-corrected chi connectivity index (χ1v) is 9.08. The zero-order valence-corrected chi connectivity index (χ0v) is 16.0. The van der Waals surface area contributed by atoms with Crippen molar-refractivity contribution in [3.8, 4) is 0 Å². The van der Waals surface area contributed by atoms with E-state index in [0.717, 1.165) is 4.90 Å². The van der Waals surface area contributed by atoms with Crippen molar-refractivity contribution >= 4 is 29.3 Å². The molecule has 0 unspecified atom stereocenters. The van der Waals surface area contributed by atoms with Crippen LogP contribution in [0.4, 0.5) is 14.9 Å². The van der Waals surface area contributed by atoms with Gasteiger partial charge in [0.25, 0.3) is 5.91 Å². The lowest BCUT2D eigenvalue weighted by atomic mass is 9.87. The van der Waals surface area contributed by atoms with Crippen LogP contribution in [0, 0.1) is 5.82 Å². The molecule has 8 heteroatoms. The van der Waals surface area contributed by atoms with Gasteiger partial charge in [0.05, 0.1) is 0 Å². The zero-order valence-electron chi connectivity index (χ0n) is 16.0. The van der Waals surface area contributed by atoms with Gasteiger partial charge in [0, 0.05) is 11.3 Å². The number of hydrogen-bond acceptors (Lipinski definition) is 4. The Balaban J connectivity index is 1.77. The minimum Gasteiger partial charge on any atom is -0.325 e. The van der Waals surface area contributed by atoms with E-state index in [1.807, 2.05) is 0 Å². The van der Waals surface area contributed by atoms with E-state index < -0.39 is 35.7 Å². The molecule has 7 nitrogen and oxygen atoms in total. The van der Waals surface area contributed by atoms with E-state index in [1.54, 1.807) is 25.1 Å². The van der Waals surface area contributed by atoms with Crippen molar-refractivity contribution < 1.29 is 23.6 Å². The van der Waals surface area contributed by atoms with E-state index >= 15 is 0 Å². The van der Waals surface area contributed by atoms with Crippen molar-refractivity contribution in [3.63, 3.8) is 0 Å². The lowest BCUT2D eigenvalue weighted by Crippen LogP contribution is -2.44. The van der Waals surface area contributed by atoms with Crippen LogP contribution in [0.1, 0.15) is 36.2 Å². The summed E-state index contributed by atoms with van der Waals surface area (Å²) in [6.45, 7) is 2.64. The predicted octanol–water partition coefficient (Wildman–Crippen LogP) is 2.82. The molecular weight excluding hydrogens is 377 g/mol. The first kappa shape index (κ1) is 20.2.